The molecule has 1 atom stereocenters. The van der Waals surface area contributed by atoms with E-state index in [1.165, 1.54) is 18.7 Å². The molecular formula is C23H27N5O3S. The summed E-state index contributed by atoms with van der Waals surface area (Å²) in [6, 6.07) is 13.1. The molecule has 1 aromatic heterocycles. The minimum atomic E-state index is -0.890. The Hall–Kier alpha value is -3.17. The highest BCUT2D eigenvalue weighted by molar-refractivity contribution is 7.99. The van der Waals surface area contributed by atoms with Crippen molar-refractivity contribution in [3.8, 4) is 0 Å². The Balaban J connectivity index is 1.58. The highest BCUT2D eigenvalue weighted by Crippen LogP contribution is 2.25. The average molecular weight is 454 g/mol. The molecule has 3 aromatic rings. The topological polar surface area (TPSA) is 109 Å². The van der Waals surface area contributed by atoms with Crippen LogP contribution < -0.4 is 10.6 Å². The lowest BCUT2D eigenvalue weighted by molar-refractivity contribution is -0.118. The highest BCUT2D eigenvalue weighted by Gasteiger charge is 2.19. The number of hydrogen-bond donors (Lipinski definition) is 3. The first kappa shape index (κ1) is 23.5. The normalized spacial score (nSPS) is 11.8. The average Bonchev–Trinajstić information content (AvgIpc) is 3.14. The molecule has 0 bridgehead atoms. The molecule has 3 N–H and O–H groups in total. The zero-order valence-corrected chi connectivity index (χ0v) is 19.4. The van der Waals surface area contributed by atoms with Gasteiger partial charge in [-0.05, 0) is 36.1 Å². The summed E-state index contributed by atoms with van der Waals surface area (Å²) in [5, 5.41) is 25.1. The first-order valence-corrected chi connectivity index (χ1v) is 11.1. The van der Waals surface area contributed by atoms with Crippen molar-refractivity contribution in [2.45, 2.75) is 38.6 Å². The number of aliphatic hydroxyl groups is 1. The summed E-state index contributed by atoms with van der Waals surface area (Å²) in [6.07, 6.45) is -0.890. The van der Waals surface area contributed by atoms with Crippen molar-refractivity contribution in [1.82, 2.24) is 20.1 Å². The smallest absolute Gasteiger partial charge is 0.230 e. The molecule has 0 spiro atoms. The Kier molecular flexibility index (Phi) is 7.66. The third-order valence-corrected chi connectivity index (χ3v) is 6.14. The number of hydrogen-bond acceptors (Lipinski definition) is 6. The van der Waals surface area contributed by atoms with Crippen LogP contribution in [0.25, 0.3) is 0 Å². The molecule has 0 saturated carbocycles. The number of anilines is 1. The number of nitrogens with one attached hydrogen (secondary N) is 2. The number of carbonyl (C=O) groups excluding carboxylic acids is 2. The minimum absolute atomic E-state index is 0.130. The molecule has 0 radical (unpaired) electrons. The maximum Gasteiger partial charge on any atom is 0.230 e. The fourth-order valence-corrected chi connectivity index (χ4v) is 4.05. The summed E-state index contributed by atoms with van der Waals surface area (Å²) in [5.74, 6) is 0.301. The zero-order chi connectivity index (χ0) is 23.3. The Labute approximate surface area is 191 Å². The van der Waals surface area contributed by atoms with Crippen molar-refractivity contribution in [2.24, 2.45) is 7.05 Å². The van der Waals surface area contributed by atoms with E-state index in [0.717, 1.165) is 27.9 Å². The van der Waals surface area contributed by atoms with Crippen LogP contribution >= 0.6 is 11.8 Å². The Morgan fingerprint density at radius 3 is 2.53 bits per heavy atom. The van der Waals surface area contributed by atoms with Gasteiger partial charge >= 0.3 is 0 Å². The number of aromatic nitrogens is 3. The third-order valence-electron chi connectivity index (χ3n) is 5.12. The lowest BCUT2D eigenvalue weighted by atomic mass is 10.0. The molecule has 32 heavy (non-hydrogen) atoms. The fraction of sp³-hybridized carbons (Fsp3) is 0.304. The number of amides is 2. The number of rotatable bonds is 8. The van der Waals surface area contributed by atoms with Gasteiger partial charge < -0.3 is 20.3 Å². The molecular weight excluding hydrogens is 426 g/mol. The van der Waals surface area contributed by atoms with E-state index in [1.807, 2.05) is 56.3 Å². The molecule has 0 saturated heterocycles. The molecule has 0 unspecified atom stereocenters. The molecule has 2 amide bonds. The van der Waals surface area contributed by atoms with Gasteiger partial charge in [-0.15, -0.1) is 10.2 Å². The summed E-state index contributed by atoms with van der Waals surface area (Å²) in [6.45, 7) is 5.69. The molecule has 0 aliphatic carbocycles. The van der Waals surface area contributed by atoms with Crippen molar-refractivity contribution >= 4 is 29.3 Å². The fourth-order valence-electron chi connectivity index (χ4n) is 3.30. The largest absolute Gasteiger partial charge is 0.380 e. The van der Waals surface area contributed by atoms with Gasteiger partial charge in [-0.25, -0.2) is 0 Å². The van der Waals surface area contributed by atoms with E-state index in [2.05, 4.69) is 20.8 Å². The molecule has 0 aliphatic heterocycles. The van der Waals surface area contributed by atoms with E-state index in [4.69, 9.17) is 0 Å². The number of aryl methyl sites for hydroxylation is 1. The second-order valence-electron chi connectivity index (χ2n) is 7.50. The number of aliphatic hydroxyl groups excluding tert-OH is 1. The zero-order valence-electron chi connectivity index (χ0n) is 18.5. The summed E-state index contributed by atoms with van der Waals surface area (Å²) in [5.41, 5.74) is 4.34. The lowest BCUT2D eigenvalue weighted by Gasteiger charge is -2.15. The molecule has 9 heteroatoms. The molecule has 0 fully saturated rings. The molecule has 168 valence electrons. The molecule has 8 nitrogen and oxygen atoms in total. The monoisotopic (exact) mass is 453 g/mol. The van der Waals surface area contributed by atoms with Crippen molar-refractivity contribution in [2.75, 3.05) is 11.1 Å². The second kappa shape index (κ2) is 10.4. The maximum absolute atomic E-state index is 12.4. The molecule has 3 rings (SSSR count). The van der Waals surface area contributed by atoms with Gasteiger partial charge in [0.05, 0.1) is 5.75 Å². The van der Waals surface area contributed by atoms with Crippen molar-refractivity contribution in [1.29, 1.82) is 0 Å². The number of benzene rings is 2. The van der Waals surface area contributed by atoms with Crippen LogP contribution in [0.2, 0.25) is 0 Å². The third kappa shape index (κ3) is 5.54. The van der Waals surface area contributed by atoms with E-state index in [0.29, 0.717) is 17.5 Å². The van der Waals surface area contributed by atoms with E-state index >= 15 is 0 Å². The molecule has 1 heterocycles. The summed E-state index contributed by atoms with van der Waals surface area (Å²) < 4.78 is 1.69. The van der Waals surface area contributed by atoms with Gasteiger partial charge in [0.2, 0.25) is 11.8 Å². The van der Waals surface area contributed by atoms with Crippen LogP contribution in [-0.4, -0.2) is 37.4 Å². The van der Waals surface area contributed by atoms with Gasteiger partial charge in [0.15, 0.2) is 11.0 Å². The maximum atomic E-state index is 12.4. The standard InChI is InChI=1S/C23H27N5O3S/c1-14-10-11-18(15(2)20(14)25-16(3)29)12-24-19(30)13-32-23-27-26-22(28(23)4)21(31)17-8-6-5-7-9-17/h5-11,21,31H,12-13H2,1-4H3,(H,24,30)(H,25,29)/t21-/m1/s1. The Morgan fingerprint density at radius 1 is 1.12 bits per heavy atom. The summed E-state index contributed by atoms with van der Waals surface area (Å²) in [7, 11) is 1.76. The van der Waals surface area contributed by atoms with Gasteiger partial charge in [-0.2, -0.15) is 0 Å². The van der Waals surface area contributed by atoms with Crippen molar-refractivity contribution < 1.29 is 14.7 Å². The van der Waals surface area contributed by atoms with Gasteiger partial charge in [0.1, 0.15) is 6.10 Å². The van der Waals surface area contributed by atoms with Crippen molar-refractivity contribution in [3.63, 3.8) is 0 Å². The first-order valence-electron chi connectivity index (χ1n) is 10.2. The van der Waals surface area contributed by atoms with Gasteiger partial charge in [0.25, 0.3) is 0 Å². The predicted molar refractivity (Wildman–Crippen MR) is 124 cm³/mol. The van der Waals surface area contributed by atoms with E-state index in [-0.39, 0.29) is 17.6 Å². The lowest BCUT2D eigenvalue weighted by Crippen LogP contribution is -2.25. The van der Waals surface area contributed by atoms with Gasteiger partial charge in [-0.1, -0.05) is 54.2 Å². The quantitative estimate of drug-likeness (QED) is 0.453. The van der Waals surface area contributed by atoms with Crippen LogP contribution in [0.15, 0.2) is 47.6 Å². The van der Waals surface area contributed by atoms with Crippen molar-refractivity contribution in [3.05, 3.63) is 70.5 Å². The molecule has 0 aliphatic rings. The Bertz CT molecular complexity index is 1110. The minimum Gasteiger partial charge on any atom is -0.380 e. The highest BCUT2D eigenvalue weighted by atomic mass is 32.2. The van der Waals surface area contributed by atoms with Gasteiger partial charge in [0, 0.05) is 26.2 Å². The number of carbonyl (C=O) groups is 2. The SMILES string of the molecule is CC(=O)Nc1c(C)ccc(CNC(=O)CSc2nnc([C@H](O)c3ccccc3)n2C)c1C. The van der Waals surface area contributed by atoms with E-state index in [1.54, 1.807) is 11.6 Å². The van der Waals surface area contributed by atoms with E-state index in [9.17, 15) is 14.7 Å². The van der Waals surface area contributed by atoms with Crippen LogP contribution in [0, 0.1) is 13.8 Å². The van der Waals surface area contributed by atoms with Crippen LogP contribution in [0.3, 0.4) is 0 Å². The number of nitrogens with zero attached hydrogens (tertiary/aromatic N) is 3. The summed E-state index contributed by atoms with van der Waals surface area (Å²) in [4.78, 5) is 23.9. The summed E-state index contributed by atoms with van der Waals surface area (Å²) >= 11 is 1.25. The van der Waals surface area contributed by atoms with Crippen LogP contribution in [0.1, 0.15) is 41.1 Å². The van der Waals surface area contributed by atoms with Crippen LogP contribution in [0.5, 0.6) is 0 Å². The predicted octanol–water partition coefficient (Wildman–Crippen LogP) is 2.88. The van der Waals surface area contributed by atoms with Crippen LogP contribution in [-0.2, 0) is 23.2 Å². The Morgan fingerprint density at radius 2 is 1.84 bits per heavy atom. The van der Waals surface area contributed by atoms with E-state index < -0.39 is 6.10 Å². The molecule has 2 aromatic carbocycles. The number of thioether (sulfide) groups is 1. The van der Waals surface area contributed by atoms with Crippen LogP contribution in [0.4, 0.5) is 5.69 Å². The second-order valence-corrected chi connectivity index (χ2v) is 8.44. The first-order chi connectivity index (χ1) is 15.3. The van der Waals surface area contributed by atoms with Gasteiger partial charge in [-0.3, -0.25) is 9.59 Å².